The summed E-state index contributed by atoms with van der Waals surface area (Å²) in [4.78, 5) is 38.5. The van der Waals surface area contributed by atoms with Gasteiger partial charge in [0.1, 0.15) is 13.2 Å². The predicted molar refractivity (Wildman–Crippen MR) is 362 cm³/mol. The van der Waals surface area contributed by atoms with Crippen molar-refractivity contribution in [2.45, 2.75) is 335 Å². The van der Waals surface area contributed by atoms with Crippen LogP contribution in [0.25, 0.3) is 0 Å². The van der Waals surface area contributed by atoms with Crippen molar-refractivity contribution in [2.24, 2.45) is 0 Å². The van der Waals surface area contributed by atoms with E-state index in [1.54, 1.807) is 0 Å². The van der Waals surface area contributed by atoms with E-state index < -0.39 is 6.10 Å². The molecule has 0 aromatic carbocycles. The minimum Gasteiger partial charge on any atom is -0.462 e. The van der Waals surface area contributed by atoms with E-state index in [9.17, 15) is 14.4 Å². The molecule has 0 aromatic heterocycles. The van der Waals surface area contributed by atoms with Gasteiger partial charge in [0, 0.05) is 19.3 Å². The van der Waals surface area contributed by atoms with E-state index in [1.165, 1.54) is 167 Å². The van der Waals surface area contributed by atoms with Crippen LogP contribution in [-0.4, -0.2) is 37.2 Å². The highest BCUT2D eigenvalue weighted by molar-refractivity contribution is 5.71. The molecule has 0 bridgehead atoms. The second-order valence-corrected chi connectivity index (χ2v) is 23.0. The number of esters is 3. The van der Waals surface area contributed by atoms with Crippen molar-refractivity contribution in [2.75, 3.05) is 13.2 Å². The molecule has 0 aromatic rings. The number of ether oxygens (including phenoxy) is 3. The minimum absolute atomic E-state index is 0.0927. The van der Waals surface area contributed by atoms with Gasteiger partial charge in [0.25, 0.3) is 0 Å². The standard InChI is InChI=1S/C77H130O6/c1-4-7-10-13-16-19-22-25-28-31-34-35-36-37-38-39-40-41-44-46-49-52-55-58-61-64-67-70-76(79)82-73-74(83-77(80)71-68-65-62-59-56-53-50-47-43-33-30-27-24-21-18-15-12-9-6-3)72-81-75(78)69-66-63-60-57-54-51-48-45-42-32-29-26-23-20-17-14-11-8-5-2/h7,9-10,12,16,18-19,21,25-30,34-35,43,47,53,56,74H,4-6,8,11,13-15,17,20,22-24,31-33,36-42,44-46,48-52,54-55,57-73H2,1-3H3/b10-7-,12-9-,19-16-,21-18-,28-25-,29-26-,30-27-,35-34-,47-43-,56-53-. The zero-order valence-electron chi connectivity index (χ0n) is 54.4. The average molecular weight is 1150 g/mol. The van der Waals surface area contributed by atoms with E-state index in [4.69, 9.17) is 14.2 Å². The fraction of sp³-hybridized carbons (Fsp3) is 0.701. The second kappa shape index (κ2) is 70.3. The van der Waals surface area contributed by atoms with Crippen molar-refractivity contribution in [3.8, 4) is 0 Å². The van der Waals surface area contributed by atoms with Gasteiger partial charge in [0.05, 0.1) is 0 Å². The van der Waals surface area contributed by atoms with Crippen molar-refractivity contribution >= 4 is 17.9 Å². The summed E-state index contributed by atoms with van der Waals surface area (Å²) in [6, 6.07) is 0. The highest BCUT2D eigenvalue weighted by atomic mass is 16.6. The lowest BCUT2D eigenvalue weighted by atomic mass is 10.0. The number of carbonyl (C=O) groups is 3. The molecule has 0 spiro atoms. The number of allylic oxidation sites excluding steroid dienone is 20. The van der Waals surface area contributed by atoms with Gasteiger partial charge in [-0.3, -0.25) is 14.4 Å². The van der Waals surface area contributed by atoms with Gasteiger partial charge in [0.2, 0.25) is 0 Å². The lowest BCUT2D eigenvalue weighted by Crippen LogP contribution is -2.30. The van der Waals surface area contributed by atoms with Crippen LogP contribution in [-0.2, 0) is 28.6 Å². The Kier molecular flexibility index (Phi) is 66.7. The molecule has 83 heavy (non-hydrogen) atoms. The summed E-state index contributed by atoms with van der Waals surface area (Å²) in [6.07, 6.45) is 97.9. The Balaban J connectivity index is 4.38. The maximum atomic E-state index is 12.9. The van der Waals surface area contributed by atoms with Crippen molar-refractivity contribution in [3.05, 3.63) is 122 Å². The first kappa shape index (κ1) is 78.8. The fourth-order valence-corrected chi connectivity index (χ4v) is 9.75. The lowest BCUT2D eigenvalue weighted by molar-refractivity contribution is -0.167. The first-order valence-corrected chi connectivity index (χ1v) is 35.0. The third kappa shape index (κ3) is 68.5. The summed E-state index contributed by atoms with van der Waals surface area (Å²) in [6.45, 7) is 6.42. The molecule has 0 saturated heterocycles. The summed E-state index contributed by atoms with van der Waals surface area (Å²) in [5, 5.41) is 0. The molecule has 1 atom stereocenters. The molecule has 0 aliphatic carbocycles. The minimum atomic E-state index is -0.801. The van der Waals surface area contributed by atoms with E-state index in [-0.39, 0.29) is 37.5 Å². The maximum absolute atomic E-state index is 12.9. The maximum Gasteiger partial charge on any atom is 0.306 e. The Labute approximate surface area is 513 Å². The highest BCUT2D eigenvalue weighted by Gasteiger charge is 2.19. The van der Waals surface area contributed by atoms with Crippen molar-refractivity contribution in [3.63, 3.8) is 0 Å². The van der Waals surface area contributed by atoms with Gasteiger partial charge in [-0.15, -0.1) is 0 Å². The van der Waals surface area contributed by atoms with Gasteiger partial charge >= 0.3 is 17.9 Å². The van der Waals surface area contributed by atoms with Crippen LogP contribution in [0, 0.1) is 0 Å². The van der Waals surface area contributed by atoms with Gasteiger partial charge in [0.15, 0.2) is 6.10 Å². The van der Waals surface area contributed by atoms with Crippen molar-refractivity contribution < 1.29 is 28.6 Å². The van der Waals surface area contributed by atoms with Crippen LogP contribution in [0.2, 0.25) is 0 Å². The lowest BCUT2D eigenvalue weighted by Gasteiger charge is -2.18. The number of hydrogen-bond acceptors (Lipinski definition) is 6. The first-order chi connectivity index (χ1) is 41.0. The molecule has 0 aliphatic heterocycles. The molecule has 0 fully saturated rings. The van der Waals surface area contributed by atoms with Gasteiger partial charge in [-0.25, -0.2) is 0 Å². The molecule has 6 heteroatoms. The van der Waals surface area contributed by atoms with E-state index in [0.717, 1.165) is 122 Å². The SMILES string of the molecule is CC/C=C\C/C=C\C/C=C\C/C=C\C/C=C\CCCCCC(=O)OC(COC(=O)CCCCCCCCCCC/C=C\CCCCCCCC)COC(=O)CCCCCCCCCCCCCCCC/C=C\C/C=C\C/C=C\C/C=C\CC. The van der Waals surface area contributed by atoms with Crippen LogP contribution in [0.15, 0.2) is 122 Å². The number of rotatable bonds is 63. The molecular formula is C77H130O6. The zero-order valence-corrected chi connectivity index (χ0v) is 54.4. The van der Waals surface area contributed by atoms with Gasteiger partial charge < -0.3 is 14.2 Å². The zero-order chi connectivity index (χ0) is 59.9. The largest absolute Gasteiger partial charge is 0.462 e. The van der Waals surface area contributed by atoms with Crippen LogP contribution in [0.1, 0.15) is 329 Å². The van der Waals surface area contributed by atoms with Crippen LogP contribution in [0.5, 0.6) is 0 Å². The molecule has 0 radical (unpaired) electrons. The molecule has 0 saturated carbocycles. The van der Waals surface area contributed by atoms with Crippen LogP contribution < -0.4 is 0 Å². The molecule has 0 heterocycles. The molecular weight excluding hydrogens is 1020 g/mol. The first-order valence-electron chi connectivity index (χ1n) is 35.0. The summed E-state index contributed by atoms with van der Waals surface area (Å²) >= 11 is 0. The smallest absolute Gasteiger partial charge is 0.306 e. The Morgan fingerprint density at radius 3 is 0.759 bits per heavy atom. The average Bonchev–Trinajstić information content (AvgIpc) is 3.50. The summed E-state index contributed by atoms with van der Waals surface area (Å²) in [5.41, 5.74) is 0. The Morgan fingerprint density at radius 1 is 0.253 bits per heavy atom. The Bertz CT molecular complexity index is 1700. The van der Waals surface area contributed by atoms with Gasteiger partial charge in [-0.2, -0.15) is 0 Å². The quantitative estimate of drug-likeness (QED) is 0.0261. The van der Waals surface area contributed by atoms with E-state index in [2.05, 4.69) is 142 Å². The molecule has 6 nitrogen and oxygen atoms in total. The summed E-state index contributed by atoms with van der Waals surface area (Å²) in [5.74, 6) is -0.916. The Morgan fingerprint density at radius 2 is 0.470 bits per heavy atom. The Hall–Kier alpha value is -4.19. The van der Waals surface area contributed by atoms with Crippen LogP contribution in [0.4, 0.5) is 0 Å². The van der Waals surface area contributed by atoms with E-state index in [1.807, 2.05) is 0 Å². The third-order valence-corrected chi connectivity index (χ3v) is 14.9. The highest BCUT2D eigenvalue weighted by Crippen LogP contribution is 2.17. The van der Waals surface area contributed by atoms with Gasteiger partial charge in [-0.05, 0) is 128 Å². The molecule has 1 unspecified atom stereocenters. The third-order valence-electron chi connectivity index (χ3n) is 14.9. The van der Waals surface area contributed by atoms with Crippen molar-refractivity contribution in [1.29, 1.82) is 0 Å². The monoisotopic (exact) mass is 1150 g/mol. The normalized spacial score (nSPS) is 12.9. The molecule has 474 valence electrons. The van der Waals surface area contributed by atoms with Crippen LogP contribution in [0.3, 0.4) is 0 Å². The van der Waals surface area contributed by atoms with Gasteiger partial charge in [-0.1, -0.05) is 303 Å². The number of carbonyl (C=O) groups excluding carboxylic acids is 3. The number of hydrogen-bond donors (Lipinski definition) is 0. The summed E-state index contributed by atoms with van der Waals surface area (Å²) in [7, 11) is 0. The molecule has 0 aliphatic rings. The fourth-order valence-electron chi connectivity index (χ4n) is 9.75. The topological polar surface area (TPSA) is 78.9 Å². The molecule has 0 amide bonds. The second-order valence-electron chi connectivity index (χ2n) is 23.0. The predicted octanol–water partition coefficient (Wildman–Crippen LogP) is 24.3. The molecule has 0 rings (SSSR count). The van der Waals surface area contributed by atoms with Crippen molar-refractivity contribution in [1.82, 2.24) is 0 Å². The van der Waals surface area contributed by atoms with E-state index in [0.29, 0.717) is 12.8 Å². The molecule has 0 N–H and O–H groups in total. The van der Waals surface area contributed by atoms with E-state index >= 15 is 0 Å². The summed E-state index contributed by atoms with van der Waals surface area (Å²) < 4.78 is 17.0. The number of unbranched alkanes of at least 4 members (excludes halogenated alkanes) is 32. The van der Waals surface area contributed by atoms with Crippen LogP contribution >= 0.6 is 0 Å².